The molecule has 0 aliphatic rings. The summed E-state index contributed by atoms with van der Waals surface area (Å²) in [5.74, 6) is 0.0385. The van der Waals surface area contributed by atoms with Gasteiger partial charge in [0.25, 0.3) is 0 Å². The summed E-state index contributed by atoms with van der Waals surface area (Å²) in [5.41, 5.74) is 0. The van der Waals surface area contributed by atoms with Crippen LogP contribution in [-0.4, -0.2) is 25.0 Å². The van der Waals surface area contributed by atoms with Gasteiger partial charge in [0.15, 0.2) is 0 Å². The molecule has 0 bridgehead atoms. The largest absolute Gasteiger partial charge is 0.466 e. The van der Waals surface area contributed by atoms with E-state index in [2.05, 4.69) is 10.1 Å². The van der Waals surface area contributed by atoms with Gasteiger partial charge in [0.2, 0.25) is 0 Å². The SMILES string of the molecule is CCOC(=O)C(=O)NCCc1ccc(C)o1. The van der Waals surface area contributed by atoms with E-state index in [0.717, 1.165) is 11.5 Å². The summed E-state index contributed by atoms with van der Waals surface area (Å²) in [4.78, 5) is 22.0. The molecule has 1 aromatic heterocycles. The molecule has 88 valence electrons. The second-order valence-electron chi connectivity index (χ2n) is 3.24. The highest BCUT2D eigenvalue weighted by Crippen LogP contribution is 2.05. The fourth-order valence-corrected chi connectivity index (χ4v) is 1.19. The average molecular weight is 225 g/mol. The molecule has 1 N–H and O–H groups in total. The summed E-state index contributed by atoms with van der Waals surface area (Å²) in [6.45, 7) is 4.05. The highest BCUT2D eigenvalue weighted by Gasteiger charge is 2.13. The molecule has 0 unspecified atom stereocenters. The molecule has 1 heterocycles. The van der Waals surface area contributed by atoms with E-state index in [1.54, 1.807) is 6.92 Å². The maximum Gasteiger partial charge on any atom is 0.396 e. The molecule has 0 aromatic carbocycles. The van der Waals surface area contributed by atoms with Crippen LogP contribution in [-0.2, 0) is 20.7 Å². The monoisotopic (exact) mass is 225 g/mol. The highest BCUT2D eigenvalue weighted by atomic mass is 16.5. The maximum atomic E-state index is 11.1. The molecule has 0 saturated heterocycles. The first-order chi connectivity index (χ1) is 7.63. The summed E-state index contributed by atoms with van der Waals surface area (Å²) in [7, 11) is 0. The van der Waals surface area contributed by atoms with E-state index < -0.39 is 11.9 Å². The zero-order chi connectivity index (χ0) is 12.0. The van der Waals surface area contributed by atoms with Crippen molar-refractivity contribution in [3.8, 4) is 0 Å². The molecular formula is C11H15NO4. The van der Waals surface area contributed by atoms with E-state index in [4.69, 9.17) is 4.42 Å². The van der Waals surface area contributed by atoms with Gasteiger partial charge >= 0.3 is 11.9 Å². The Morgan fingerprint density at radius 3 is 2.75 bits per heavy atom. The number of hydrogen-bond donors (Lipinski definition) is 1. The number of esters is 1. The van der Waals surface area contributed by atoms with E-state index in [9.17, 15) is 9.59 Å². The van der Waals surface area contributed by atoms with Crippen molar-refractivity contribution in [2.45, 2.75) is 20.3 Å². The molecule has 1 aromatic rings. The van der Waals surface area contributed by atoms with Crippen LogP contribution in [0.2, 0.25) is 0 Å². The molecule has 1 amide bonds. The van der Waals surface area contributed by atoms with Crippen molar-refractivity contribution >= 4 is 11.9 Å². The Bertz CT molecular complexity index is 370. The Kier molecular flexibility index (Phi) is 4.57. The first-order valence-electron chi connectivity index (χ1n) is 5.13. The number of carbonyl (C=O) groups is 2. The molecule has 0 spiro atoms. The molecule has 0 saturated carbocycles. The second kappa shape index (κ2) is 5.95. The van der Waals surface area contributed by atoms with Crippen LogP contribution in [0, 0.1) is 6.92 Å². The normalized spacial score (nSPS) is 9.88. The molecule has 0 fully saturated rings. The topological polar surface area (TPSA) is 68.5 Å². The van der Waals surface area contributed by atoms with Crippen LogP contribution in [0.3, 0.4) is 0 Å². The lowest BCUT2D eigenvalue weighted by Crippen LogP contribution is -2.33. The average Bonchev–Trinajstić information content (AvgIpc) is 2.64. The van der Waals surface area contributed by atoms with Crippen molar-refractivity contribution in [3.05, 3.63) is 23.7 Å². The zero-order valence-corrected chi connectivity index (χ0v) is 9.41. The molecule has 0 atom stereocenters. The molecule has 0 aliphatic carbocycles. The van der Waals surface area contributed by atoms with Crippen molar-refractivity contribution in [1.29, 1.82) is 0 Å². The summed E-state index contributed by atoms with van der Waals surface area (Å²) in [5, 5.41) is 2.45. The lowest BCUT2D eigenvalue weighted by Gasteiger charge is -2.02. The third-order valence-corrected chi connectivity index (χ3v) is 1.91. The van der Waals surface area contributed by atoms with Crippen LogP contribution in [0.4, 0.5) is 0 Å². The van der Waals surface area contributed by atoms with Gasteiger partial charge < -0.3 is 14.5 Å². The summed E-state index contributed by atoms with van der Waals surface area (Å²) in [6, 6.07) is 3.69. The Labute approximate surface area is 93.8 Å². The number of carbonyl (C=O) groups excluding carboxylic acids is 2. The van der Waals surface area contributed by atoms with Gasteiger partial charge in [-0.15, -0.1) is 0 Å². The number of furan rings is 1. The Balaban J connectivity index is 2.25. The smallest absolute Gasteiger partial charge is 0.396 e. The van der Waals surface area contributed by atoms with Crippen molar-refractivity contribution in [2.24, 2.45) is 0 Å². The highest BCUT2D eigenvalue weighted by molar-refractivity contribution is 6.32. The van der Waals surface area contributed by atoms with E-state index in [-0.39, 0.29) is 6.61 Å². The van der Waals surface area contributed by atoms with E-state index in [1.807, 2.05) is 19.1 Å². The van der Waals surface area contributed by atoms with Crippen molar-refractivity contribution in [2.75, 3.05) is 13.2 Å². The lowest BCUT2D eigenvalue weighted by molar-refractivity contribution is -0.154. The van der Waals surface area contributed by atoms with Gasteiger partial charge in [0.05, 0.1) is 6.61 Å². The van der Waals surface area contributed by atoms with Gasteiger partial charge in [0.1, 0.15) is 11.5 Å². The summed E-state index contributed by atoms with van der Waals surface area (Å²) in [6.07, 6.45) is 0.555. The van der Waals surface area contributed by atoms with Crippen LogP contribution < -0.4 is 5.32 Å². The summed E-state index contributed by atoms with van der Waals surface area (Å²) >= 11 is 0. The Morgan fingerprint density at radius 2 is 2.19 bits per heavy atom. The van der Waals surface area contributed by atoms with Gasteiger partial charge in [-0.25, -0.2) is 4.79 Å². The van der Waals surface area contributed by atoms with Crippen LogP contribution in [0.5, 0.6) is 0 Å². The third kappa shape index (κ3) is 3.76. The Morgan fingerprint density at radius 1 is 1.44 bits per heavy atom. The second-order valence-corrected chi connectivity index (χ2v) is 3.24. The van der Waals surface area contributed by atoms with Crippen molar-refractivity contribution < 1.29 is 18.7 Å². The van der Waals surface area contributed by atoms with Crippen LogP contribution in [0.1, 0.15) is 18.4 Å². The number of rotatable bonds is 4. The van der Waals surface area contributed by atoms with Crippen LogP contribution in [0.25, 0.3) is 0 Å². The molecule has 16 heavy (non-hydrogen) atoms. The quantitative estimate of drug-likeness (QED) is 0.608. The van der Waals surface area contributed by atoms with Gasteiger partial charge in [-0.05, 0) is 26.0 Å². The van der Waals surface area contributed by atoms with E-state index in [1.165, 1.54) is 0 Å². The molecular weight excluding hydrogens is 210 g/mol. The predicted molar refractivity (Wildman–Crippen MR) is 56.8 cm³/mol. The number of nitrogens with one attached hydrogen (secondary N) is 1. The Hall–Kier alpha value is -1.78. The van der Waals surface area contributed by atoms with Gasteiger partial charge in [-0.3, -0.25) is 4.79 Å². The van der Waals surface area contributed by atoms with Crippen LogP contribution >= 0.6 is 0 Å². The molecule has 5 nitrogen and oxygen atoms in total. The predicted octanol–water partition coefficient (Wildman–Crippen LogP) is 0.810. The summed E-state index contributed by atoms with van der Waals surface area (Å²) < 4.78 is 9.84. The van der Waals surface area contributed by atoms with Crippen molar-refractivity contribution in [3.63, 3.8) is 0 Å². The molecule has 0 radical (unpaired) electrons. The minimum Gasteiger partial charge on any atom is -0.466 e. The van der Waals surface area contributed by atoms with Gasteiger partial charge in [0, 0.05) is 13.0 Å². The minimum atomic E-state index is -0.849. The lowest BCUT2D eigenvalue weighted by atomic mass is 10.3. The fourth-order valence-electron chi connectivity index (χ4n) is 1.19. The minimum absolute atomic E-state index is 0.198. The van der Waals surface area contributed by atoms with Crippen LogP contribution in [0.15, 0.2) is 16.5 Å². The first-order valence-corrected chi connectivity index (χ1v) is 5.13. The fraction of sp³-hybridized carbons (Fsp3) is 0.455. The maximum absolute atomic E-state index is 11.1. The molecule has 5 heteroatoms. The number of aryl methyl sites for hydroxylation is 1. The van der Waals surface area contributed by atoms with E-state index in [0.29, 0.717) is 13.0 Å². The molecule has 0 aliphatic heterocycles. The number of ether oxygens (including phenoxy) is 1. The number of hydrogen-bond acceptors (Lipinski definition) is 4. The van der Waals surface area contributed by atoms with Crippen molar-refractivity contribution in [1.82, 2.24) is 5.32 Å². The number of amides is 1. The standard InChI is InChI=1S/C11H15NO4/c1-3-15-11(14)10(13)12-7-6-9-5-4-8(2)16-9/h4-5H,3,6-7H2,1-2H3,(H,12,13). The van der Waals surface area contributed by atoms with Gasteiger partial charge in [-0.2, -0.15) is 0 Å². The third-order valence-electron chi connectivity index (χ3n) is 1.91. The zero-order valence-electron chi connectivity index (χ0n) is 9.41. The molecule has 1 rings (SSSR count). The van der Waals surface area contributed by atoms with Gasteiger partial charge in [-0.1, -0.05) is 0 Å². The first kappa shape index (κ1) is 12.3. The van der Waals surface area contributed by atoms with E-state index >= 15 is 0 Å².